The minimum atomic E-state index is -0.657. The fourth-order valence-corrected chi connectivity index (χ4v) is 7.08. The topological polar surface area (TPSA) is 13.1 Å². The van der Waals surface area contributed by atoms with Crippen LogP contribution in [-0.2, 0) is 0 Å². The summed E-state index contributed by atoms with van der Waals surface area (Å²) in [6.45, 7) is 0. The fraction of sp³-hybridized carbons (Fsp3) is 0. The van der Waals surface area contributed by atoms with Crippen LogP contribution < -0.4 is 0 Å². The van der Waals surface area contributed by atoms with Crippen LogP contribution in [0.15, 0.2) is 174 Å². The van der Waals surface area contributed by atoms with Gasteiger partial charge in [-0.25, -0.2) is 0 Å². The molecule has 0 fully saturated rings. The molecule has 10 aromatic rings. The second-order valence-corrected chi connectivity index (χ2v) is 11.5. The molecule has 0 aliphatic heterocycles. The first-order valence-corrected chi connectivity index (χ1v) is 15.3. The Bertz CT molecular complexity index is 3390. The average molecular weight is 608 g/mol. The zero-order valence-corrected chi connectivity index (χ0v) is 24.7. The van der Waals surface area contributed by atoms with Crippen molar-refractivity contribution in [3.63, 3.8) is 0 Å². The molecule has 1 heteroatoms. The molecule has 0 saturated carbocycles. The Morgan fingerprint density at radius 2 is 1.06 bits per heavy atom. The van der Waals surface area contributed by atoms with Crippen molar-refractivity contribution in [2.24, 2.45) is 0 Å². The van der Waals surface area contributed by atoms with Gasteiger partial charge in [0.2, 0.25) is 0 Å². The van der Waals surface area contributed by atoms with Gasteiger partial charge in [-0.1, -0.05) is 145 Å². The van der Waals surface area contributed by atoms with Crippen molar-refractivity contribution in [3.05, 3.63) is 170 Å². The van der Waals surface area contributed by atoms with Crippen molar-refractivity contribution in [1.29, 1.82) is 0 Å². The summed E-state index contributed by atoms with van der Waals surface area (Å²) in [7, 11) is 0. The summed E-state index contributed by atoms with van der Waals surface area (Å²) in [6, 6.07) is 27.1. The monoisotopic (exact) mass is 607 g/mol. The zero-order valence-electron chi connectivity index (χ0n) is 35.7. The van der Waals surface area contributed by atoms with Crippen LogP contribution in [0, 0.1) is 0 Å². The number of benzene rings is 9. The summed E-state index contributed by atoms with van der Waals surface area (Å²) in [5.41, 5.74) is 3.02. The van der Waals surface area contributed by atoms with E-state index in [-0.39, 0.29) is 33.5 Å². The molecule has 1 nitrogen and oxygen atoms in total. The molecule has 0 atom stereocenters. The molecule has 1 aromatic heterocycles. The maximum absolute atomic E-state index is 9.91. The lowest BCUT2D eigenvalue weighted by molar-refractivity contribution is 0.673. The molecule has 218 valence electrons. The molecule has 0 aliphatic rings. The van der Waals surface area contributed by atoms with Gasteiger partial charge in [0, 0.05) is 16.2 Å². The predicted octanol–water partition coefficient (Wildman–Crippen LogP) is 13.2. The van der Waals surface area contributed by atoms with Crippen LogP contribution in [0.2, 0.25) is 0 Å². The lowest BCUT2D eigenvalue weighted by Gasteiger charge is -2.19. The lowest BCUT2D eigenvalue weighted by Crippen LogP contribution is -1.92. The largest absolute Gasteiger partial charge is 0.455 e. The van der Waals surface area contributed by atoms with Gasteiger partial charge in [0.25, 0.3) is 0 Å². The van der Waals surface area contributed by atoms with Crippen molar-refractivity contribution in [3.8, 4) is 33.4 Å². The van der Waals surface area contributed by atoms with E-state index in [1.807, 2.05) is 84.9 Å². The Labute approximate surface area is 287 Å². The highest BCUT2D eigenvalue weighted by Crippen LogP contribution is 2.48. The maximum Gasteiger partial charge on any atom is 0.143 e. The quantitative estimate of drug-likeness (QED) is 0.182. The Morgan fingerprint density at radius 3 is 1.83 bits per heavy atom. The molecular formula is C46H28O. The molecule has 1 heterocycles. The summed E-state index contributed by atoms with van der Waals surface area (Å²) in [4.78, 5) is 0. The molecule has 0 spiro atoms. The predicted molar refractivity (Wildman–Crippen MR) is 200 cm³/mol. The van der Waals surface area contributed by atoms with Gasteiger partial charge < -0.3 is 4.42 Å². The maximum atomic E-state index is 9.91. The first-order valence-electron chi connectivity index (χ1n) is 20.8. The van der Waals surface area contributed by atoms with E-state index in [0.717, 1.165) is 49.0 Å². The molecule has 0 unspecified atom stereocenters. The minimum Gasteiger partial charge on any atom is -0.455 e. The Hall–Kier alpha value is -6.18. The summed E-state index contributed by atoms with van der Waals surface area (Å²) >= 11 is 0. The van der Waals surface area contributed by atoms with E-state index < -0.39 is 60.4 Å². The SMILES string of the molecule is [2H]c1c([2H])c([2H])c(-c2c([2H])c(-c3c4ccccc4c(-c4cccc5oc6c7ccccc7ccc6c45)c4ccccc34)c([2H])c3c([2H])c([2H])c([2H])c([2H])c23)c([2H])c1[2H]. The third kappa shape index (κ3) is 3.90. The van der Waals surface area contributed by atoms with Crippen molar-refractivity contribution in [1.82, 2.24) is 0 Å². The standard InChI is InChI=1S/C46H28O/c1-2-13-29(14-3-1)41-28-32(27-31-16-5-6-17-33(31)41)43-35-19-8-10-21-37(35)44(38-22-11-9-20-36(38)43)39-23-12-24-42-45(39)40-26-25-30-15-4-7-18-34(30)46(40)47-42/h1-28H/i1D,2D,3D,5D,6D,13D,14D,16D,17D,27D,28D. The molecule has 0 bridgehead atoms. The first-order chi connectivity index (χ1) is 27.9. The number of hydrogen-bond donors (Lipinski definition) is 0. The minimum absolute atomic E-state index is 0.00303. The van der Waals surface area contributed by atoms with Crippen molar-refractivity contribution in [2.45, 2.75) is 0 Å². The van der Waals surface area contributed by atoms with E-state index in [1.165, 1.54) is 0 Å². The number of rotatable bonds is 3. The van der Waals surface area contributed by atoms with Crippen molar-refractivity contribution >= 4 is 65.0 Å². The number of hydrogen-bond acceptors (Lipinski definition) is 1. The normalized spacial score (nSPS) is 15.1. The molecule has 0 amide bonds. The van der Waals surface area contributed by atoms with Crippen LogP contribution in [0.25, 0.3) is 98.4 Å². The van der Waals surface area contributed by atoms with Crippen LogP contribution >= 0.6 is 0 Å². The van der Waals surface area contributed by atoms with Gasteiger partial charge in [-0.15, -0.1) is 0 Å². The van der Waals surface area contributed by atoms with E-state index in [1.54, 1.807) is 0 Å². The average Bonchev–Trinajstić information content (AvgIpc) is 3.64. The van der Waals surface area contributed by atoms with Gasteiger partial charge in [0.1, 0.15) is 11.2 Å². The Kier molecular flexibility index (Phi) is 3.79. The third-order valence-corrected chi connectivity index (χ3v) is 9.03. The van der Waals surface area contributed by atoms with E-state index in [0.29, 0.717) is 21.9 Å². The van der Waals surface area contributed by atoms with E-state index >= 15 is 0 Å². The second-order valence-electron chi connectivity index (χ2n) is 11.5. The highest BCUT2D eigenvalue weighted by Gasteiger charge is 2.21. The molecule has 0 saturated heterocycles. The van der Waals surface area contributed by atoms with Crippen LogP contribution in [0.3, 0.4) is 0 Å². The highest BCUT2D eigenvalue weighted by atomic mass is 16.3. The summed E-state index contributed by atoms with van der Waals surface area (Å²) < 4.78 is 105. The second kappa shape index (κ2) is 10.2. The smallest absolute Gasteiger partial charge is 0.143 e. The molecule has 47 heavy (non-hydrogen) atoms. The molecule has 9 aromatic carbocycles. The van der Waals surface area contributed by atoms with Gasteiger partial charge in [0.05, 0.1) is 15.1 Å². The van der Waals surface area contributed by atoms with Gasteiger partial charge >= 0.3 is 0 Å². The van der Waals surface area contributed by atoms with E-state index in [2.05, 4.69) is 18.2 Å². The van der Waals surface area contributed by atoms with Crippen LogP contribution in [-0.4, -0.2) is 0 Å². The summed E-state index contributed by atoms with van der Waals surface area (Å²) in [6.07, 6.45) is 0. The van der Waals surface area contributed by atoms with E-state index in [4.69, 9.17) is 16.8 Å². The Balaban J connectivity index is 1.40. The van der Waals surface area contributed by atoms with Gasteiger partial charge in [-0.05, 0) is 95.3 Å². The lowest BCUT2D eigenvalue weighted by atomic mass is 9.83. The van der Waals surface area contributed by atoms with Crippen molar-refractivity contribution < 1.29 is 19.5 Å². The number of fused-ring (bicyclic) bond motifs is 8. The molecule has 0 aliphatic carbocycles. The Morgan fingerprint density at radius 1 is 0.404 bits per heavy atom. The molecule has 0 N–H and O–H groups in total. The van der Waals surface area contributed by atoms with Gasteiger partial charge in [0.15, 0.2) is 0 Å². The molecular weight excluding hydrogens is 569 g/mol. The zero-order chi connectivity index (χ0) is 40.5. The van der Waals surface area contributed by atoms with Crippen LogP contribution in [0.5, 0.6) is 0 Å². The highest BCUT2D eigenvalue weighted by molar-refractivity contribution is 6.27. The summed E-state index contributed by atoms with van der Waals surface area (Å²) in [5, 5.41) is 6.24. The van der Waals surface area contributed by atoms with Gasteiger partial charge in [-0.3, -0.25) is 0 Å². The molecule has 0 radical (unpaired) electrons. The van der Waals surface area contributed by atoms with Crippen molar-refractivity contribution in [2.75, 3.05) is 0 Å². The fourth-order valence-electron chi connectivity index (χ4n) is 7.08. The first kappa shape index (κ1) is 17.5. The van der Waals surface area contributed by atoms with Gasteiger partial charge in [-0.2, -0.15) is 0 Å². The van der Waals surface area contributed by atoms with E-state index in [9.17, 15) is 2.74 Å². The molecule has 10 rings (SSSR count). The van der Waals surface area contributed by atoms with Crippen LogP contribution in [0.1, 0.15) is 15.1 Å². The summed E-state index contributed by atoms with van der Waals surface area (Å²) in [5.74, 6) is 0. The van der Waals surface area contributed by atoms with Crippen LogP contribution in [0.4, 0.5) is 0 Å². The third-order valence-electron chi connectivity index (χ3n) is 9.03. The number of furan rings is 1.